The summed E-state index contributed by atoms with van der Waals surface area (Å²) in [6, 6.07) is 4.57. The van der Waals surface area contributed by atoms with Gasteiger partial charge in [0.15, 0.2) is 0 Å². The minimum atomic E-state index is -1.25. The Labute approximate surface area is 175 Å². The van der Waals surface area contributed by atoms with Gasteiger partial charge in [0.1, 0.15) is 17.8 Å². The van der Waals surface area contributed by atoms with Crippen LogP contribution in [0.4, 0.5) is 0 Å². The van der Waals surface area contributed by atoms with Crippen LogP contribution in [0.5, 0.6) is 5.75 Å². The molecule has 0 unspecified atom stereocenters. The minimum Gasteiger partial charge on any atom is -0.493 e. The van der Waals surface area contributed by atoms with Crippen LogP contribution in [0.15, 0.2) is 24.3 Å². The van der Waals surface area contributed by atoms with Crippen LogP contribution < -0.4 is 20.7 Å². The Balaban J connectivity index is 2.21. The molecule has 1 aromatic carbocycles. The van der Waals surface area contributed by atoms with E-state index < -0.39 is 29.9 Å². The Bertz CT molecular complexity index is 780. The van der Waals surface area contributed by atoms with E-state index in [9.17, 15) is 24.3 Å². The SMILES string of the molecule is CC(C)C[C@H]1NC(=O)CC[C@@H](C(=O)O)NC(=O)c2ccccc2OCCCNC1=O. The molecule has 9 heteroatoms. The third-order valence-corrected chi connectivity index (χ3v) is 4.63. The smallest absolute Gasteiger partial charge is 0.326 e. The van der Waals surface area contributed by atoms with Crippen LogP contribution in [-0.4, -0.2) is 54.0 Å². The molecule has 0 aliphatic carbocycles. The number of hydrogen-bond donors (Lipinski definition) is 4. The van der Waals surface area contributed by atoms with Crippen molar-refractivity contribution < 1.29 is 29.0 Å². The molecule has 9 nitrogen and oxygen atoms in total. The number of carboxylic acid groups (broad SMARTS) is 1. The average Bonchev–Trinajstić information content (AvgIpc) is 2.69. The van der Waals surface area contributed by atoms with Gasteiger partial charge in [-0.05, 0) is 37.3 Å². The van der Waals surface area contributed by atoms with Crippen molar-refractivity contribution >= 4 is 23.7 Å². The van der Waals surface area contributed by atoms with E-state index >= 15 is 0 Å². The molecule has 1 heterocycles. The van der Waals surface area contributed by atoms with Gasteiger partial charge in [-0.2, -0.15) is 0 Å². The summed E-state index contributed by atoms with van der Waals surface area (Å²) in [5.74, 6) is -2.05. The van der Waals surface area contributed by atoms with E-state index in [4.69, 9.17) is 4.74 Å². The van der Waals surface area contributed by atoms with Gasteiger partial charge in [-0.25, -0.2) is 4.79 Å². The lowest BCUT2D eigenvalue weighted by Crippen LogP contribution is -2.48. The van der Waals surface area contributed by atoms with Crippen LogP contribution in [0.1, 0.15) is 49.9 Å². The number of fused-ring (bicyclic) bond motifs is 1. The van der Waals surface area contributed by atoms with E-state index in [0.717, 1.165) is 0 Å². The lowest BCUT2D eigenvalue weighted by Gasteiger charge is -2.21. The molecule has 0 radical (unpaired) electrons. The van der Waals surface area contributed by atoms with E-state index in [-0.39, 0.29) is 36.8 Å². The molecule has 0 bridgehead atoms. The fourth-order valence-electron chi connectivity index (χ4n) is 3.11. The summed E-state index contributed by atoms with van der Waals surface area (Å²) in [5, 5.41) is 17.4. The second-order valence-corrected chi connectivity index (χ2v) is 7.64. The Morgan fingerprint density at radius 1 is 1.20 bits per heavy atom. The van der Waals surface area contributed by atoms with E-state index in [0.29, 0.717) is 25.1 Å². The number of amides is 3. The maximum Gasteiger partial charge on any atom is 0.326 e. The van der Waals surface area contributed by atoms with Crippen molar-refractivity contribution in [1.82, 2.24) is 16.0 Å². The van der Waals surface area contributed by atoms with Crippen LogP contribution in [0, 0.1) is 5.92 Å². The number of carbonyl (C=O) groups excluding carboxylic acids is 3. The molecule has 1 aliphatic rings. The van der Waals surface area contributed by atoms with Gasteiger partial charge < -0.3 is 25.8 Å². The third kappa shape index (κ3) is 7.06. The lowest BCUT2D eigenvalue weighted by molar-refractivity contribution is -0.139. The molecule has 0 saturated heterocycles. The zero-order chi connectivity index (χ0) is 22.1. The first kappa shape index (κ1) is 23.2. The second kappa shape index (κ2) is 11.2. The van der Waals surface area contributed by atoms with Crippen LogP contribution in [-0.2, 0) is 14.4 Å². The first-order valence-electron chi connectivity index (χ1n) is 10.1. The van der Waals surface area contributed by atoms with Gasteiger partial charge in [-0.3, -0.25) is 14.4 Å². The van der Waals surface area contributed by atoms with Crippen molar-refractivity contribution in [2.24, 2.45) is 5.92 Å². The first-order chi connectivity index (χ1) is 14.3. The van der Waals surface area contributed by atoms with Gasteiger partial charge in [-0.1, -0.05) is 26.0 Å². The molecule has 3 amide bonds. The molecule has 4 N–H and O–H groups in total. The van der Waals surface area contributed by atoms with E-state index in [1.54, 1.807) is 18.2 Å². The largest absolute Gasteiger partial charge is 0.493 e. The van der Waals surface area contributed by atoms with Crippen LogP contribution >= 0.6 is 0 Å². The zero-order valence-corrected chi connectivity index (χ0v) is 17.3. The molecule has 30 heavy (non-hydrogen) atoms. The molecule has 0 fully saturated rings. The standard InChI is InChI=1S/C21H29N3O6/c1-13(2)12-16-20(27)22-10-5-11-30-17-7-4-3-6-14(17)19(26)24-15(21(28)29)8-9-18(25)23-16/h3-4,6-7,13,15-16H,5,8-12H2,1-2H3,(H,22,27)(H,23,25)(H,24,26)(H,28,29)/t15-,16+/m0/s1. The van der Waals surface area contributed by atoms with Crippen molar-refractivity contribution in [2.75, 3.05) is 13.2 Å². The van der Waals surface area contributed by atoms with Gasteiger partial charge in [0.05, 0.1) is 12.2 Å². The maximum atomic E-state index is 12.6. The number of aliphatic carboxylic acids is 1. The Kier molecular flexibility index (Phi) is 8.64. The minimum absolute atomic E-state index is 0.105. The van der Waals surface area contributed by atoms with E-state index in [1.165, 1.54) is 6.07 Å². The highest BCUT2D eigenvalue weighted by Gasteiger charge is 2.26. The second-order valence-electron chi connectivity index (χ2n) is 7.64. The predicted molar refractivity (Wildman–Crippen MR) is 109 cm³/mol. The fourth-order valence-corrected chi connectivity index (χ4v) is 3.11. The summed E-state index contributed by atoms with van der Waals surface area (Å²) in [6.45, 7) is 4.51. The summed E-state index contributed by atoms with van der Waals surface area (Å²) < 4.78 is 5.67. The number of hydrogen-bond acceptors (Lipinski definition) is 5. The number of rotatable bonds is 3. The van der Waals surface area contributed by atoms with Crippen LogP contribution in [0.25, 0.3) is 0 Å². The monoisotopic (exact) mass is 419 g/mol. The Hall–Kier alpha value is -3.10. The van der Waals surface area contributed by atoms with Crippen molar-refractivity contribution in [3.63, 3.8) is 0 Å². The lowest BCUT2D eigenvalue weighted by atomic mass is 10.0. The quantitative estimate of drug-likeness (QED) is 0.579. The maximum absolute atomic E-state index is 12.6. The molecule has 2 rings (SSSR count). The summed E-state index contributed by atoms with van der Waals surface area (Å²) >= 11 is 0. The van der Waals surface area contributed by atoms with Gasteiger partial charge >= 0.3 is 5.97 Å². The molecular weight excluding hydrogens is 390 g/mol. The highest BCUT2D eigenvalue weighted by Crippen LogP contribution is 2.18. The van der Waals surface area contributed by atoms with Crippen LogP contribution in [0.2, 0.25) is 0 Å². The fraction of sp³-hybridized carbons (Fsp3) is 0.524. The van der Waals surface area contributed by atoms with Gasteiger partial charge in [0, 0.05) is 13.0 Å². The van der Waals surface area contributed by atoms with Crippen molar-refractivity contribution in [2.45, 2.75) is 51.6 Å². The molecule has 0 saturated carbocycles. The number of benzene rings is 1. The third-order valence-electron chi connectivity index (χ3n) is 4.63. The number of carbonyl (C=O) groups is 4. The van der Waals surface area contributed by atoms with E-state index in [2.05, 4.69) is 16.0 Å². The Morgan fingerprint density at radius 3 is 2.63 bits per heavy atom. The summed E-state index contributed by atoms with van der Waals surface area (Å²) in [4.78, 5) is 49.0. The van der Waals surface area contributed by atoms with Crippen molar-refractivity contribution in [3.05, 3.63) is 29.8 Å². The predicted octanol–water partition coefficient (Wildman–Crippen LogP) is 1.08. The number of ether oxygens (including phenoxy) is 1. The molecule has 0 aromatic heterocycles. The van der Waals surface area contributed by atoms with E-state index in [1.807, 2.05) is 13.8 Å². The van der Waals surface area contributed by atoms with Gasteiger partial charge in [0.2, 0.25) is 11.8 Å². The van der Waals surface area contributed by atoms with Crippen LogP contribution in [0.3, 0.4) is 0 Å². The molecule has 0 spiro atoms. The highest BCUT2D eigenvalue weighted by atomic mass is 16.5. The number of para-hydroxylation sites is 1. The van der Waals surface area contributed by atoms with Crippen molar-refractivity contribution in [1.29, 1.82) is 0 Å². The normalized spacial score (nSPS) is 21.6. The molecule has 2 atom stereocenters. The topological polar surface area (TPSA) is 134 Å². The molecule has 164 valence electrons. The first-order valence-corrected chi connectivity index (χ1v) is 10.1. The highest BCUT2D eigenvalue weighted by molar-refractivity contribution is 5.99. The zero-order valence-electron chi connectivity index (χ0n) is 17.3. The van der Waals surface area contributed by atoms with Gasteiger partial charge in [0.25, 0.3) is 5.91 Å². The average molecular weight is 419 g/mol. The number of carboxylic acids is 1. The summed E-state index contributed by atoms with van der Waals surface area (Å²) in [6.07, 6.45) is 0.714. The summed E-state index contributed by atoms with van der Waals surface area (Å²) in [5.41, 5.74) is 0.210. The molecular formula is C21H29N3O6. The Morgan fingerprint density at radius 2 is 1.93 bits per heavy atom. The summed E-state index contributed by atoms with van der Waals surface area (Å²) in [7, 11) is 0. The molecule has 1 aliphatic heterocycles. The molecule has 1 aromatic rings. The number of nitrogens with one attached hydrogen (secondary N) is 3. The van der Waals surface area contributed by atoms with Crippen molar-refractivity contribution in [3.8, 4) is 5.75 Å². The van der Waals surface area contributed by atoms with Gasteiger partial charge in [-0.15, -0.1) is 0 Å².